The van der Waals surface area contributed by atoms with Gasteiger partial charge < -0.3 is 15.6 Å². The molecule has 1 aliphatic heterocycles. The summed E-state index contributed by atoms with van der Waals surface area (Å²) in [6, 6.07) is 5.69. The maximum Gasteiger partial charge on any atom is 0.239 e. The van der Waals surface area contributed by atoms with E-state index < -0.39 is 15.9 Å². The minimum Gasteiger partial charge on any atom is -0.361 e. The molecule has 0 radical (unpaired) electrons. The average molecular weight is 428 g/mol. The number of hydrogen-bond donors (Lipinski definition) is 2. The molecule has 0 bridgehead atoms. The summed E-state index contributed by atoms with van der Waals surface area (Å²) in [5.74, 6) is 0.234. The molecule has 1 aromatic carbocycles. The number of aromatic nitrogens is 1. The van der Waals surface area contributed by atoms with Crippen molar-refractivity contribution in [3.05, 3.63) is 35.5 Å². The van der Waals surface area contributed by atoms with Crippen molar-refractivity contribution in [2.45, 2.75) is 44.6 Å². The highest BCUT2D eigenvalue weighted by Gasteiger charge is 2.28. The molecule has 1 atom stereocenters. The first-order valence-corrected chi connectivity index (χ1v) is 11.7. The third-order valence-electron chi connectivity index (χ3n) is 5.58. The molecule has 3 rings (SSSR count). The molecule has 1 amide bonds. The second-order valence-electron chi connectivity index (χ2n) is 7.56. The van der Waals surface area contributed by atoms with Gasteiger partial charge in [-0.25, -0.2) is 8.42 Å². The first-order chi connectivity index (χ1) is 12.8. The number of H-pyrrole nitrogens is 1. The molecule has 1 fully saturated rings. The van der Waals surface area contributed by atoms with Gasteiger partial charge in [-0.3, -0.25) is 4.79 Å². The predicted octanol–water partition coefficient (Wildman–Crippen LogP) is 2.62. The quantitative estimate of drug-likeness (QED) is 0.740. The zero-order chi connectivity index (χ0) is 19.6. The third kappa shape index (κ3) is 5.07. The van der Waals surface area contributed by atoms with E-state index in [4.69, 9.17) is 5.73 Å². The number of rotatable bonds is 6. The molecule has 3 N–H and O–H groups in total. The van der Waals surface area contributed by atoms with Crippen molar-refractivity contribution in [3.63, 3.8) is 0 Å². The van der Waals surface area contributed by atoms with Crippen LogP contribution >= 0.6 is 12.4 Å². The van der Waals surface area contributed by atoms with E-state index in [1.54, 1.807) is 4.90 Å². The molecule has 1 aliphatic rings. The molecule has 2 heterocycles. The van der Waals surface area contributed by atoms with E-state index >= 15 is 0 Å². The fraction of sp³-hybridized carbons (Fsp3) is 0.550. The second-order valence-corrected chi connectivity index (χ2v) is 9.82. The van der Waals surface area contributed by atoms with Gasteiger partial charge in [0, 0.05) is 36.4 Å². The van der Waals surface area contributed by atoms with Crippen LogP contribution in [0.2, 0.25) is 0 Å². The fourth-order valence-corrected chi connectivity index (χ4v) is 4.66. The van der Waals surface area contributed by atoms with Crippen LogP contribution in [0.4, 0.5) is 0 Å². The summed E-state index contributed by atoms with van der Waals surface area (Å²) in [5, 5.41) is 1.28. The van der Waals surface area contributed by atoms with Crippen molar-refractivity contribution in [2.24, 2.45) is 5.73 Å². The Bertz CT molecular complexity index is 918. The van der Waals surface area contributed by atoms with Crippen molar-refractivity contribution in [3.8, 4) is 0 Å². The number of piperidine rings is 1. The number of carbonyl (C=O) groups is 1. The van der Waals surface area contributed by atoms with E-state index in [1.165, 1.54) is 28.3 Å². The topological polar surface area (TPSA) is 96.3 Å². The molecule has 2 aromatic rings. The highest BCUT2D eigenvalue weighted by atomic mass is 35.5. The van der Waals surface area contributed by atoms with Crippen molar-refractivity contribution in [1.29, 1.82) is 0 Å². The Morgan fingerprint density at radius 1 is 1.32 bits per heavy atom. The number of para-hydroxylation sites is 1. The monoisotopic (exact) mass is 427 g/mol. The Hall–Kier alpha value is -1.57. The number of sulfone groups is 1. The lowest BCUT2D eigenvalue weighted by Gasteiger charge is -2.33. The first kappa shape index (κ1) is 22.7. The van der Waals surface area contributed by atoms with Crippen LogP contribution in [0, 0.1) is 0 Å². The Labute approximate surface area is 173 Å². The number of aryl methyl sites for hydroxylation is 1. The predicted molar refractivity (Wildman–Crippen MR) is 116 cm³/mol. The molecule has 0 aliphatic carbocycles. The van der Waals surface area contributed by atoms with E-state index in [9.17, 15) is 13.2 Å². The zero-order valence-corrected chi connectivity index (χ0v) is 18.1. The van der Waals surface area contributed by atoms with E-state index in [0.29, 0.717) is 19.0 Å². The van der Waals surface area contributed by atoms with Crippen LogP contribution < -0.4 is 5.73 Å². The molecule has 1 unspecified atom stereocenters. The van der Waals surface area contributed by atoms with Crippen LogP contribution in [-0.2, 0) is 21.1 Å². The van der Waals surface area contributed by atoms with Gasteiger partial charge in [-0.05, 0) is 42.7 Å². The first-order valence-electron chi connectivity index (χ1n) is 9.61. The Morgan fingerprint density at radius 3 is 2.61 bits per heavy atom. The summed E-state index contributed by atoms with van der Waals surface area (Å²) in [7, 11) is -3.10. The number of carbonyl (C=O) groups excluding carboxylic acids is 1. The highest BCUT2D eigenvalue weighted by Crippen LogP contribution is 2.34. The normalized spacial score (nSPS) is 16.8. The molecule has 1 saturated heterocycles. The smallest absolute Gasteiger partial charge is 0.239 e. The van der Waals surface area contributed by atoms with Gasteiger partial charge in [-0.1, -0.05) is 25.1 Å². The van der Waals surface area contributed by atoms with E-state index in [1.807, 2.05) is 0 Å². The van der Waals surface area contributed by atoms with Crippen LogP contribution in [0.5, 0.6) is 0 Å². The molecule has 0 spiro atoms. The van der Waals surface area contributed by atoms with Gasteiger partial charge in [0.15, 0.2) is 0 Å². The fourth-order valence-electron chi connectivity index (χ4n) is 3.98. The van der Waals surface area contributed by atoms with Crippen molar-refractivity contribution in [2.75, 3.05) is 25.1 Å². The molecular formula is C20H30ClN3O3S. The summed E-state index contributed by atoms with van der Waals surface area (Å²) >= 11 is 0. The van der Waals surface area contributed by atoms with Gasteiger partial charge in [0.25, 0.3) is 0 Å². The molecule has 156 valence electrons. The Morgan fingerprint density at radius 2 is 2.00 bits per heavy atom. The number of halogens is 1. The zero-order valence-electron chi connectivity index (χ0n) is 16.5. The van der Waals surface area contributed by atoms with Crippen molar-refractivity contribution < 1.29 is 13.2 Å². The lowest BCUT2D eigenvalue weighted by Crippen LogP contribution is -2.47. The summed E-state index contributed by atoms with van der Waals surface area (Å²) < 4.78 is 22.6. The Kier molecular flexibility index (Phi) is 7.53. The average Bonchev–Trinajstić information content (AvgIpc) is 3.09. The van der Waals surface area contributed by atoms with Crippen LogP contribution in [0.15, 0.2) is 24.4 Å². The standard InChI is InChI=1S/C20H29N3O3S.ClH/c1-3-14-5-4-6-16-17(13-22-19(14)16)15-7-10-23(11-8-15)20(24)18(21)9-12-27(2,25)26;/h4-6,13,15,18,22H,3,7-12,21H2,1-2H3;1H. The number of amides is 1. The molecule has 6 nitrogen and oxygen atoms in total. The van der Waals surface area contributed by atoms with Gasteiger partial charge in [0.2, 0.25) is 5.91 Å². The minimum absolute atomic E-state index is 0. The molecule has 1 aromatic heterocycles. The van der Waals surface area contributed by atoms with Crippen molar-refractivity contribution >= 4 is 39.1 Å². The number of nitrogens with two attached hydrogens (primary N) is 1. The minimum atomic E-state index is -3.10. The lowest BCUT2D eigenvalue weighted by molar-refractivity contribution is -0.133. The number of benzene rings is 1. The maximum absolute atomic E-state index is 12.5. The number of likely N-dealkylation sites (tertiary alicyclic amines) is 1. The molecular weight excluding hydrogens is 398 g/mol. The lowest BCUT2D eigenvalue weighted by atomic mass is 9.88. The summed E-state index contributed by atoms with van der Waals surface area (Å²) in [6.45, 7) is 3.48. The number of hydrogen-bond acceptors (Lipinski definition) is 4. The van der Waals surface area contributed by atoms with E-state index in [2.05, 4.69) is 36.3 Å². The number of aromatic amines is 1. The third-order valence-corrected chi connectivity index (χ3v) is 6.56. The Balaban J connectivity index is 0.00000280. The summed E-state index contributed by atoms with van der Waals surface area (Å²) in [5.41, 5.74) is 9.80. The van der Waals surface area contributed by atoms with Crippen molar-refractivity contribution in [1.82, 2.24) is 9.88 Å². The van der Waals surface area contributed by atoms with Gasteiger partial charge in [0.05, 0.1) is 11.8 Å². The van der Waals surface area contributed by atoms with Gasteiger partial charge in [-0.15, -0.1) is 12.4 Å². The van der Waals surface area contributed by atoms with Crippen LogP contribution in [0.3, 0.4) is 0 Å². The van der Waals surface area contributed by atoms with Crippen LogP contribution in [-0.4, -0.2) is 55.3 Å². The number of nitrogens with one attached hydrogen (secondary N) is 1. The number of fused-ring (bicyclic) bond motifs is 1. The van der Waals surface area contributed by atoms with Gasteiger partial charge in [-0.2, -0.15) is 0 Å². The largest absolute Gasteiger partial charge is 0.361 e. The highest BCUT2D eigenvalue weighted by molar-refractivity contribution is 7.90. The van der Waals surface area contributed by atoms with Gasteiger partial charge >= 0.3 is 0 Å². The number of nitrogens with zero attached hydrogens (tertiary/aromatic N) is 1. The maximum atomic E-state index is 12.5. The van der Waals surface area contributed by atoms with Crippen LogP contribution in [0.25, 0.3) is 10.9 Å². The van der Waals surface area contributed by atoms with E-state index in [0.717, 1.165) is 19.3 Å². The summed E-state index contributed by atoms with van der Waals surface area (Å²) in [6.07, 6.45) is 6.25. The second kappa shape index (κ2) is 9.29. The summed E-state index contributed by atoms with van der Waals surface area (Å²) in [4.78, 5) is 17.7. The van der Waals surface area contributed by atoms with Crippen LogP contribution in [0.1, 0.15) is 43.2 Å². The SMILES string of the molecule is CCc1cccc2c(C3CCN(C(=O)C(N)CCS(C)(=O)=O)CC3)c[nH]c12.Cl. The van der Waals surface area contributed by atoms with E-state index in [-0.39, 0.29) is 30.5 Å². The van der Waals surface area contributed by atoms with Gasteiger partial charge in [0.1, 0.15) is 9.84 Å². The molecule has 0 saturated carbocycles. The molecule has 8 heteroatoms. The molecule has 28 heavy (non-hydrogen) atoms.